The third-order valence-electron chi connectivity index (χ3n) is 4.51. The molecule has 4 heteroatoms. The second kappa shape index (κ2) is 4.41. The van der Waals surface area contributed by atoms with Crippen LogP contribution in [0.4, 0.5) is 0 Å². The lowest BCUT2D eigenvalue weighted by atomic mass is 9.89. The van der Waals surface area contributed by atoms with Crippen LogP contribution in [0.5, 0.6) is 0 Å². The van der Waals surface area contributed by atoms with E-state index in [1.807, 2.05) is 0 Å². The molecule has 0 spiro atoms. The van der Waals surface area contributed by atoms with Gasteiger partial charge in [-0.1, -0.05) is 18.5 Å². The minimum atomic E-state index is 0.153. The van der Waals surface area contributed by atoms with Gasteiger partial charge < -0.3 is 10.3 Å². The van der Waals surface area contributed by atoms with Gasteiger partial charge in [0, 0.05) is 18.4 Å². The molecule has 4 unspecified atom stereocenters. The highest BCUT2D eigenvalue weighted by Crippen LogP contribution is 2.52. The first-order chi connectivity index (χ1) is 8.26. The van der Waals surface area contributed by atoms with E-state index in [4.69, 9.17) is 10.3 Å². The highest BCUT2D eigenvalue weighted by Gasteiger charge is 2.42. The summed E-state index contributed by atoms with van der Waals surface area (Å²) in [5, 5.41) is 4.07. The van der Waals surface area contributed by atoms with Gasteiger partial charge in [-0.3, -0.25) is 0 Å². The molecule has 0 aromatic carbocycles. The summed E-state index contributed by atoms with van der Waals surface area (Å²) in [6, 6.07) is 0.153. The average Bonchev–Trinajstić information content (AvgIpc) is 3.03. The molecule has 17 heavy (non-hydrogen) atoms. The van der Waals surface area contributed by atoms with Crippen LogP contribution in [0.2, 0.25) is 0 Å². The van der Waals surface area contributed by atoms with E-state index in [1.165, 1.54) is 25.7 Å². The van der Waals surface area contributed by atoms with Gasteiger partial charge in [0.15, 0.2) is 5.82 Å². The van der Waals surface area contributed by atoms with Crippen LogP contribution in [0.15, 0.2) is 4.52 Å². The molecule has 2 bridgehead atoms. The second-order valence-electron chi connectivity index (χ2n) is 5.70. The topological polar surface area (TPSA) is 64.9 Å². The van der Waals surface area contributed by atoms with E-state index < -0.39 is 0 Å². The molecule has 0 amide bonds. The minimum absolute atomic E-state index is 0.153. The van der Waals surface area contributed by atoms with E-state index >= 15 is 0 Å². The lowest BCUT2D eigenvalue weighted by molar-refractivity contribution is 0.300. The van der Waals surface area contributed by atoms with Crippen molar-refractivity contribution >= 4 is 0 Å². The van der Waals surface area contributed by atoms with E-state index in [-0.39, 0.29) is 6.04 Å². The lowest BCUT2D eigenvalue weighted by Gasteiger charge is -2.17. The number of nitrogens with two attached hydrogens (primary N) is 1. The van der Waals surface area contributed by atoms with Crippen molar-refractivity contribution in [2.75, 3.05) is 0 Å². The fraction of sp³-hybridized carbons (Fsp3) is 0.846. The molecular weight excluding hydrogens is 214 g/mol. The van der Waals surface area contributed by atoms with Crippen LogP contribution in [-0.2, 0) is 6.42 Å². The predicted octanol–water partition coefficient (Wildman–Crippen LogP) is 2.25. The molecule has 0 aliphatic heterocycles. The lowest BCUT2D eigenvalue weighted by Crippen LogP contribution is -2.22. The number of aromatic nitrogens is 2. The SMILES string of the molecule is CCC(N)Cc1noc(C2CC3CCC2C3)n1. The van der Waals surface area contributed by atoms with Crippen molar-refractivity contribution in [2.24, 2.45) is 17.6 Å². The van der Waals surface area contributed by atoms with Gasteiger partial charge in [0.25, 0.3) is 0 Å². The normalized spacial score (nSPS) is 33.2. The zero-order valence-corrected chi connectivity index (χ0v) is 10.4. The number of nitrogens with zero attached hydrogens (tertiary/aromatic N) is 2. The first-order valence-electron chi connectivity index (χ1n) is 6.84. The Morgan fingerprint density at radius 2 is 2.29 bits per heavy atom. The van der Waals surface area contributed by atoms with Crippen LogP contribution in [0.3, 0.4) is 0 Å². The molecule has 2 N–H and O–H groups in total. The third-order valence-corrected chi connectivity index (χ3v) is 4.51. The Labute approximate surface area is 102 Å². The van der Waals surface area contributed by atoms with Crippen molar-refractivity contribution in [2.45, 2.75) is 57.4 Å². The van der Waals surface area contributed by atoms with E-state index in [0.29, 0.717) is 5.92 Å². The Morgan fingerprint density at radius 1 is 1.41 bits per heavy atom. The van der Waals surface area contributed by atoms with Crippen LogP contribution < -0.4 is 5.73 Å². The summed E-state index contributed by atoms with van der Waals surface area (Å²) < 4.78 is 5.43. The van der Waals surface area contributed by atoms with Crippen molar-refractivity contribution in [3.05, 3.63) is 11.7 Å². The monoisotopic (exact) mass is 235 g/mol. The summed E-state index contributed by atoms with van der Waals surface area (Å²) in [5.74, 6) is 3.91. The molecule has 1 aromatic heterocycles. The number of hydrogen-bond acceptors (Lipinski definition) is 4. The van der Waals surface area contributed by atoms with Gasteiger partial charge in [-0.25, -0.2) is 0 Å². The molecule has 2 aliphatic rings. The summed E-state index contributed by atoms with van der Waals surface area (Å²) in [7, 11) is 0. The first-order valence-corrected chi connectivity index (χ1v) is 6.84. The average molecular weight is 235 g/mol. The minimum Gasteiger partial charge on any atom is -0.339 e. The van der Waals surface area contributed by atoms with Crippen molar-refractivity contribution < 1.29 is 4.52 Å². The van der Waals surface area contributed by atoms with Gasteiger partial charge in [-0.2, -0.15) is 4.98 Å². The standard InChI is InChI=1S/C13H21N3O/c1-2-10(14)7-12-15-13(17-16-12)11-6-8-3-4-9(11)5-8/h8-11H,2-7,14H2,1H3. The number of fused-ring (bicyclic) bond motifs is 2. The quantitative estimate of drug-likeness (QED) is 0.869. The van der Waals surface area contributed by atoms with Gasteiger partial charge in [0.05, 0.1) is 0 Å². The van der Waals surface area contributed by atoms with Gasteiger partial charge in [-0.05, 0) is 37.5 Å². The molecule has 2 aliphatic carbocycles. The van der Waals surface area contributed by atoms with E-state index in [9.17, 15) is 0 Å². The summed E-state index contributed by atoms with van der Waals surface area (Å²) in [6.07, 6.45) is 7.08. The maximum absolute atomic E-state index is 5.91. The molecule has 1 heterocycles. The van der Waals surface area contributed by atoms with E-state index in [1.54, 1.807) is 0 Å². The predicted molar refractivity (Wildman–Crippen MR) is 64.5 cm³/mol. The molecule has 0 radical (unpaired) electrons. The summed E-state index contributed by atoms with van der Waals surface area (Å²) in [5.41, 5.74) is 5.91. The van der Waals surface area contributed by atoms with Crippen molar-refractivity contribution in [3.8, 4) is 0 Å². The zero-order valence-electron chi connectivity index (χ0n) is 10.4. The van der Waals surface area contributed by atoms with Gasteiger partial charge >= 0.3 is 0 Å². The first kappa shape index (κ1) is 11.2. The molecule has 4 nitrogen and oxygen atoms in total. The van der Waals surface area contributed by atoms with Crippen LogP contribution in [0, 0.1) is 11.8 Å². The van der Waals surface area contributed by atoms with Crippen LogP contribution in [0.25, 0.3) is 0 Å². The van der Waals surface area contributed by atoms with E-state index in [2.05, 4.69) is 17.1 Å². The third kappa shape index (κ3) is 2.10. The smallest absolute Gasteiger partial charge is 0.230 e. The Hall–Kier alpha value is -0.900. The zero-order chi connectivity index (χ0) is 11.8. The second-order valence-corrected chi connectivity index (χ2v) is 5.70. The van der Waals surface area contributed by atoms with Gasteiger partial charge in [0.1, 0.15) is 0 Å². The molecule has 4 atom stereocenters. The Morgan fingerprint density at radius 3 is 2.94 bits per heavy atom. The molecular formula is C13H21N3O. The van der Waals surface area contributed by atoms with Crippen molar-refractivity contribution in [3.63, 3.8) is 0 Å². The summed E-state index contributed by atoms with van der Waals surface area (Å²) in [4.78, 5) is 4.54. The largest absolute Gasteiger partial charge is 0.339 e. The van der Waals surface area contributed by atoms with Crippen LogP contribution in [-0.4, -0.2) is 16.2 Å². The molecule has 1 aromatic rings. The fourth-order valence-corrected chi connectivity index (χ4v) is 3.43. The molecule has 3 rings (SSSR count). The molecule has 94 valence electrons. The summed E-state index contributed by atoms with van der Waals surface area (Å²) in [6.45, 7) is 2.08. The van der Waals surface area contributed by atoms with Crippen molar-refractivity contribution in [1.29, 1.82) is 0 Å². The van der Waals surface area contributed by atoms with Gasteiger partial charge in [0.2, 0.25) is 5.89 Å². The Kier molecular flexibility index (Phi) is 2.90. The Balaban J connectivity index is 1.68. The molecule has 0 saturated heterocycles. The Bertz CT molecular complexity index is 390. The summed E-state index contributed by atoms with van der Waals surface area (Å²) >= 11 is 0. The highest BCUT2D eigenvalue weighted by atomic mass is 16.5. The molecule has 2 saturated carbocycles. The van der Waals surface area contributed by atoms with Crippen molar-refractivity contribution in [1.82, 2.24) is 10.1 Å². The van der Waals surface area contributed by atoms with Gasteiger partial charge in [-0.15, -0.1) is 0 Å². The van der Waals surface area contributed by atoms with Crippen LogP contribution in [0.1, 0.15) is 56.7 Å². The maximum atomic E-state index is 5.91. The number of hydrogen-bond donors (Lipinski definition) is 1. The number of rotatable bonds is 4. The van der Waals surface area contributed by atoms with E-state index in [0.717, 1.165) is 36.4 Å². The van der Waals surface area contributed by atoms with Crippen LogP contribution >= 0.6 is 0 Å². The highest BCUT2D eigenvalue weighted by molar-refractivity contribution is 5.05. The fourth-order valence-electron chi connectivity index (χ4n) is 3.43. The maximum Gasteiger partial charge on any atom is 0.230 e. The molecule has 2 fully saturated rings.